The van der Waals surface area contributed by atoms with Crippen LogP contribution in [0.15, 0.2) is 12.1 Å². The zero-order valence-electron chi connectivity index (χ0n) is 9.24. The van der Waals surface area contributed by atoms with Crippen LogP contribution >= 0.6 is 11.3 Å². The number of thiazole rings is 1. The molecule has 0 saturated carbocycles. The number of piperazine rings is 1. The fourth-order valence-electron chi connectivity index (χ4n) is 1.88. The summed E-state index contributed by atoms with van der Waals surface area (Å²) in [5.41, 5.74) is 0.155. The van der Waals surface area contributed by atoms with Crippen molar-refractivity contribution in [2.75, 3.05) is 24.5 Å². The molecule has 4 nitrogen and oxygen atoms in total. The molecule has 1 aromatic carbocycles. The predicted molar refractivity (Wildman–Crippen MR) is 64.8 cm³/mol. The zero-order valence-corrected chi connectivity index (χ0v) is 10.1. The van der Waals surface area contributed by atoms with Crippen LogP contribution in [0.5, 0.6) is 0 Å². The molecular weight excluding hydrogens is 260 g/mol. The molecule has 3 rings (SSSR count). The summed E-state index contributed by atoms with van der Waals surface area (Å²) in [6.07, 6.45) is 0. The van der Waals surface area contributed by atoms with Gasteiger partial charge in [-0.2, -0.15) is 0 Å². The van der Waals surface area contributed by atoms with Crippen molar-refractivity contribution in [3.05, 3.63) is 23.8 Å². The Morgan fingerprint density at radius 3 is 3.00 bits per heavy atom. The van der Waals surface area contributed by atoms with Crippen molar-refractivity contribution in [2.45, 2.75) is 0 Å². The molecule has 0 spiro atoms. The molecule has 18 heavy (non-hydrogen) atoms. The Hall–Kier alpha value is -1.76. The largest absolute Gasteiger partial charge is 0.353 e. The average Bonchev–Trinajstić information content (AvgIpc) is 2.73. The van der Waals surface area contributed by atoms with Gasteiger partial charge in [0.1, 0.15) is 11.3 Å². The molecule has 94 valence electrons. The lowest BCUT2D eigenvalue weighted by molar-refractivity contribution is -0.120. The van der Waals surface area contributed by atoms with Gasteiger partial charge in [-0.1, -0.05) is 11.3 Å². The summed E-state index contributed by atoms with van der Waals surface area (Å²) in [6, 6.07) is 2.07. The van der Waals surface area contributed by atoms with Crippen molar-refractivity contribution in [3.8, 4) is 0 Å². The van der Waals surface area contributed by atoms with Gasteiger partial charge in [0.05, 0.1) is 11.2 Å². The number of rotatable bonds is 1. The van der Waals surface area contributed by atoms with Crippen LogP contribution in [-0.2, 0) is 4.79 Å². The molecule has 0 radical (unpaired) electrons. The Balaban J connectivity index is 2.02. The van der Waals surface area contributed by atoms with E-state index < -0.39 is 11.6 Å². The molecule has 1 aliphatic heterocycles. The molecule has 0 bridgehead atoms. The number of carbonyl (C=O) groups excluding carboxylic acids is 1. The molecule has 0 atom stereocenters. The van der Waals surface area contributed by atoms with Gasteiger partial charge in [-0.05, 0) is 6.07 Å². The van der Waals surface area contributed by atoms with Crippen molar-refractivity contribution >= 4 is 32.6 Å². The number of hydrogen-bond donors (Lipinski definition) is 1. The maximum absolute atomic E-state index is 13.5. The van der Waals surface area contributed by atoms with Crippen molar-refractivity contribution in [3.63, 3.8) is 0 Å². The van der Waals surface area contributed by atoms with Gasteiger partial charge in [0.25, 0.3) is 0 Å². The highest BCUT2D eigenvalue weighted by Crippen LogP contribution is 2.31. The molecule has 0 unspecified atom stereocenters. The van der Waals surface area contributed by atoms with Gasteiger partial charge in [-0.15, -0.1) is 0 Å². The monoisotopic (exact) mass is 269 g/mol. The fourth-order valence-corrected chi connectivity index (χ4v) is 2.91. The van der Waals surface area contributed by atoms with E-state index in [1.54, 1.807) is 4.90 Å². The smallest absolute Gasteiger partial charge is 0.239 e. The van der Waals surface area contributed by atoms with Gasteiger partial charge in [0.15, 0.2) is 10.9 Å². The molecule has 7 heteroatoms. The second kappa shape index (κ2) is 4.16. The minimum absolute atomic E-state index is 0.0906. The van der Waals surface area contributed by atoms with Crippen LogP contribution in [-0.4, -0.2) is 30.5 Å². The number of halogens is 2. The summed E-state index contributed by atoms with van der Waals surface area (Å²) >= 11 is 1.19. The van der Waals surface area contributed by atoms with E-state index in [2.05, 4.69) is 10.3 Å². The number of aromatic nitrogens is 1. The minimum atomic E-state index is -0.672. The molecule has 1 fully saturated rings. The summed E-state index contributed by atoms with van der Waals surface area (Å²) in [5.74, 6) is -1.38. The van der Waals surface area contributed by atoms with Crippen molar-refractivity contribution in [1.29, 1.82) is 0 Å². The van der Waals surface area contributed by atoms with Gasteiger partial charge < -0.3 is 10.2 Å². The quantitative estimate of drug-likeness (QED) is 0.853. The Kier molecular flexibility index (Phi) is 2.62. The Morgan fingerprint density at radius 1 is 1.39 bits per heavy atom. The first-order valence-electron chi connectivity index (χ1n) is 5.41. The number of carbonyl (C=O) groups is 1. The van der Waals surface area contributed by atoms with E-state index in [-0.39, 0.29) is 18.0 Å². The van der Waals surface area contributed by atoms with E-state index >= 15 is 0 Å². The maximum Gasteiger partial charge on any atom is 0.239 e. The number of amides is 1. The normalized spacial score (nSPS) is 16.1. The molecule has 2 aromatic rings. The van der Waals surface area contributed by atoms with E-state index in [9.17, 15) is 13.6 Å². The molecule has 1 aromatic heterocycles. The van der Waals surface area contributed by atoms with Gasteiger partial charge in [0.2, 0.25) is 5.91 Å². The van der Waals surface area contributed by atoms with Crippen LogP contribution < -0.4 is 10.2 Å². The molecule has 1 amide bonds. The number of fused-ring (bicyclic) bond motifs is 1. The third-order valence-corrected chi connectivity index (χ3v) is 3.77. The molecule has 1 aliphatic rings. The zero-order chi connectivity index (χ0) is 12.7. The topological polar surface area (TPSA) is 45.2 Å². The van der Waals surface area contributed by atoms with Crippen LogP contribution in [0.2, 0.25) is 0 Å². The number of nitrogens with zero attached hydrogens (tertiary/aromatic N) is 2. The van der Waals surface area contributed by atoms with E-state index in [0.29, 0.717) is 22.9 Å². The Morgan fingerprint density at radius 2 is 2.22 bits per heavy atom. The fraction of sp³-hybridized carbons (Fsp3) is 0.273. The number of nitrogens with one attached hydrogen (secondary N) is 1. The average molecular weight is 269 g/mol. The lowest BCUT2D eigenvalue weighted by Gasteiger charge is -2.25. The SMILES string of the molecule is O=C1CN(c2nc3c(F)cc(F)cc3s2)CCN1. The number of hydrogen-bond acceptors (Lipinski definition) is 4. The Bertz CT molecular complexity index is 628. The number of anilines is 1. The summed E-state index contributed by atoms with van der Waals surface area (Å²) < 4.78 is 27.0. The van der Waals surface area contributed by atoms with E-state index in [1.807, 2.05) is 0 Å². The van der Waals surface area contributed by atoms with E-state index in [0.717, 1.165) is 6.07 Å². The third-order valence-electron chi connectivity index (χ3n) is 2.71. The van der Waals surface area contributed by atoms with Crippen LogP contribution in [0.1, 0.15) is 0 Å². The highest BCUT2D eigenvalue weighted by molar-refractivity contribution is 7.22. The lowest BCUT2D eigenvalue weighted by Crippen LogP contribution is -2.47. The second-order valence-corrected chi connectivity index (χ2v) is 5.01. The summed E-state index contributed by atoms with van der Waals surface area (Å²) in [7, 11) is 0. The van der Waals surface area contributed by atoms with Gasteiger partial charge in [-0.3, -0.25) is 4.79 Å². The molecule has 2 heterocycles. The van der Waals surface area contributed by atoms with Crippen LogP contribution in [0.3, 0.4) is 0 Å². The highest BCUT2D eigenvalue weighted by Gasteiger charge is 2.20. The molecule has 1 saturated heterocycles. The van der Waals surface area contributed by atoms with Gasteiger partial charge >= 0.3 is 0 Å². The van der Waals surface area contributed by atoms with E-state index in [4.69, 9.17) is 0 Å². The highest BCUT2D eigenvalue weighted by atomic mass is 32.1. The van der Waals surface area contributed by atoms with Crippen LogP contribution in [0.25, 0.3) is 10.2 Å². The lowest BCUT2D eigenvalue weighted by atomic mass is 10.3. The molecular formula is C11H9F2N3OS. The molecule has 0 aliphatic carbocycles. The first kappa shape index (κ1) is 11.3. The third kappa shape index (κ3) is 1.90. The first-order valence-corrected chi connectivity index (χ1v) is 6.22. The molecule has 1 N–H and O–H groups in total. The van der Waals surface area contributed by atoms with Crippen LogP contribution in [0, 0.1) is 11.6 Å². The summed E-state index contributed by atoms with van der Waals surface area (Å²) in [6.45, 7) is 1.35. The maximum atomic E-state index is 13.5. The van der Waals surface area contributed by atoms with E-state index in [1.165, 1.54) is 17.4 Å². The predicted octanol–water partition coefficient (Wildman–Crippen LogP) is 1.51. The second-order valence-electron chi connectivity index (χ2n) is 4.00. The standard InChI is InChI=1S/C11H9F2N3OS/c12-6-3-7(13)10-8(4-6)18-11(15-10)16-2-1-14-9(17)5-16/h3-4H,1-2,5H2,(H,14,17). The van der Waals surface area contributed by atoms with Crippen molar-refractivity contribution in [2.24, 2.45) is 0 Å². The van der Waals surface area contributed by atoms with Crippen molar-refractivity contribution in [1.82, 2.24) is 10.3 Å². The summed E-state index contributed by atoms with van der Waals surface area (Å²) in [4.78, 5) is 17.2. The first-order chi connectivity index (χ1) is 8.63. The Labute approximate surface area is 105 Å². The van der Waals surface area contributed by atoms with Crippen LogP contribution in [0.4, 0.5) is 13.9 Å². The summed E-state index contributed by atoms with van der Waals surface area (Å²) in [5, 5.41) is 3.24. The van der Waals surface area contributed by atoms with Gasteiger partial charge in [-0.25, -0.2) is 13.8 Å². The number of benzene rings is 1. The van der Waals surface area contributed by atoms with Gasteiger partial charge in [0, 0.05) is 19.2 Å². The minimum Gasteiger partial charge on any atom is -0.353 e. The van der Waals surface area contributed by atoms with Crippen molar-refractivity contribution < 1.29 is 13.6 Å².